The third kappa shape index (κ3) is 3.06. The van der Waals surface area contributed by atoms with E-state index in [1.807, 2.05) is 11.3 Å². The van der Waals surface area contributed by atoms with Crippen LogP contribution in [0.25, 0.3) is 0 Å². The molecule has 18 heavy (non-hydrogen) atoms. The minimum atomic E-state index is 0.373. The van der Waals surface area contributed by atoms with Crippen LogP contribution >= 0.6 is 43.2 Å². The van der Waals surface area contributed by atoms with Crippen molar-refractivity contribution in [1.29, 1.82) is 0 Å². The molecule has 2 rings (SSSR count). The van der Waals surface area contributed by atoms with Crippen LogP contribution in [0.2, 0.25) is 0 Å². The molecule has 1 aromatic carbocycles. The van der Waals surface area contributed by atoms with Crippen LogP contribution in [0, 0.1) is 6.92 Å². The van der Waals surface area contributed by atoms with E-state index in [0.717, 1.165) is 6.42 Å². The lowest BCUT2D eigenvalue weighted by Gasteiger charge is -2.21. The predicted octanol–water partition coefficient (Wildman–Crippen LogP) is 6.45. The SMILES string of the molecule is CCC(c1ccccc1)C(Br)c1sc(C)cc1Br. The molecule has 0 spiro atoms. The average Bonchev–Trinajstić information content (AvgIpc) is 2.70. The summed E-state index contributed by atoms with van der Waals surface area (Å²) in [7, 11) is 0. The molecule has 96 valence electrons. The maximum absolute atomic E-state index is 3.89. The lowest BCUT2D eigenvalue weighted by molar-refractivity contribution is 0.660. The molecule has 0 aliphatic rings. The van der Waals surface area contributed by atoms with Crippen molar-refractivity contribution >= 4 is 43.2 Å². The maximum atomic E-state index is 3.89. The summed E-state index contributed by atoms with van der Waals surface area (Å²) in [4.78, 5) is 3.12. The Morgan fingerprint density at radius 3 is 2.39 bits per heavy atom. The quantitative estimate of drug-likeness (QED) is 0.528. The average molecular weight is 388 g/mol. The highest BCUT2D eigenvalue weighted by molar-refractivity contribution is 9.11. The first-order valence-corrected chi connectivity index (χ1v) is 8.60. The molecule has 0 saturated heterocycles. The smallest absolute Gasteiger partial charge is 0.0568 e. The van der Waals surface area contributed by atoms with Crippen LogP contribution in [0.5, 0.6) is 0 Å². The molecule has 2 aromatic rings. The Labute approximate surface area is 130 Å². The molecule has 0 fully saturated rings. The number of benzene rings is 1. The van der Waals surface area contributed by atoms with Crippen LogP contribution in [0.3, 0.4) is 0 Å². The fraction of sp³-hybridized carbons (Fsp3) is 0.333. The number of hydrogen-bond donors (Lipinski definition) is 0. The van der Waals surface area contributed by atoms with E-state index in [1.165, 1.54) is 19.8 Å². The second-order valence-corrected chi connectivity index (χ2v) is 7.53. The molecule has 0 amide bonds. The lowest BCUT2D eigenvalue weighted by Crippen LogP contribution is -2.04. The van der Waals surface area contributed by atoms with Gasteiger partial charge in [0.15, 0.2) is 0 Å². The Balaban J connectivity index is 2.31. The van der Waals surface area contributed by atoms with Gasteiger partial charge < -0.3 is 0 Å². The summed E-state index contributed by atoms with van der Waals surface area (Å²) < 4.78 is 1.22. The van der Waals surface area contributed by atoms with E-state index in [2.05, 4.69) is 82.1 Å². The summed E-state index contributed by atoms with van der Waals surface area (Å²) in [6, 6.07) is 12.9. The monoisotopic (exact) mass is 386 g/mol. The van der Waals surface area contributed by atoms with Crippen LogP contribution in [-0.2, 0) is 0 Å². The third-order valence-corrected chi connectivity index (χ3v) is 6.56. The van der Waals surface area contributed by atoms with E-state index in [1.54, 1.807) is 0 Å². The van der Waals surface area contributed by atoms with Gasteiger partial charge in [-0.3, -0.25) is 0 Å². The van der Waals surface area contributed by atoms with Crippen molar-refractivity contribution in [2.45, 2.75) is 31.0 Å². The van der Waals surface area contributed by atoms with Crippen molar-refractivity contribution in [2.75, 3.05) is 0 Å². The van der Waals surface area contributed by atoms with E-state index in [4.69, 9.17) is 0 Å². The number of aryl methyl sites for hydroxylation is 1. The minimum Gasteiger partial charge on any atom is -0.143 e. The zero-order chi connectivity index (χ0) is 13.1. The van der Waals surface area contributed by atoms with Crippen LogP contribution in [0.4, 0.5) is 0 Å². The topological polar surface area (TPSA) is 0 Å². The lowest BCUT2D eigenvalue weighted by atomic mass is 9.92. The largest absolute Gasteiger partial charge is 0.143 e. The van der Waals surface area contributed by atoms with Crippen molar-refractivity contribution in [3.8, 4) is 0 Å². The van der Waals surface area contributed by atoms with E-state index >= 15 is 0 Å². The molecule has 0 bridgehead atoms. The van der Waals surface area contributed by atoms with E-state index < -0.39 is 0 Å². The van der Waals surface area contributed by atoms with Crippen molar-refractivity contribution in [3.05, 3.63) is 56.2 Å². The molecule has 0 N–H and O–H groups in total. The summed E-state index contributed by atoms with van der Waals surface area (Å²) in [5.41, 5.74) is 1.40. The van der Waals surface area contributed by atoms with Crippen LogP contribution in [0.15, 0.2) is 40.9 Å². The highest BCUT2D eigenvalue weighted by Gasteiger charge is 2.24. The Kier molecular flexibility index (Phi) is 5.05. The van der Waals surface area contributed by atoms with Gasteiger partial charge in [-0.25, -0.2) is 0 Å². The van der Waals surface area contributed by atoms with E-state index in [0.29, 0.717) is 10.7 Å². The molecular weight excluding hydrogens is 372 g/mol. The molecule has 1 heterocycles. The normalized spacial score (nSPS) is 14.4. The molecule has 2 atom stereocenters. The summed E-state index contributed by atoms with van der Waals surface area (Å²) in [6.45, 7) is 4.41. The predicted molar refractivity (Wildman–Crippen MR) is 87.9 cm³/mol. The number of rotatable bonds is 4. The molecule has 0 nitrogen and oxygen atoms in total. The number of thiophene rings is 1. The van der Waals surface area contributed by atoms with Crippen molar-refractivity contribution in [3.63, 3.8) is 0 Å². The fourth-order valence-electron chi connectivity index (χ4n) is 2.18. The fourth-order valence-corrected chi connectivity index (χ4v) is 5.64. The number of hydrogen-bond acceptors (Lipinski definition) is 1. The van der Waals surface area contributed by atoms with Gasteiger partial charge >= 0.3 is 0 Å². The molecular formula is C15H16Br2S. The third-order valence-electron chi connectivity index (χ3n) is 3.11. The van der Waals surface area contributed by atoms with Gasteiger partial charge in [0.05, 0.1) is 4.83 Å². The van der Waals surface area contributed by atoms with E-state index in [-0.39, 0.29) is 0 Å². The molecule has 0 aliphatic heterocycles. The van der Waals surface area contributed by atoms with Crippen LogP contribution in [-0.4, -0.2) is 0 Å². The van der Waals surface area contributed by atoms with Crippen LogP contribution < -0.4 is 0 Å². The summed E-state index contributed by atoms with van der Waals surface area (Å²) in [6.07, 6.45) is 1.13. The van der Waals surface area contributed by atoms with Crippen LogP contribution in [0.1, 0.15) is 39.4 Å². The molecule has 3 heteroatoms. The highest BCUT2D eigenvalue weighted by Crippen LogP contribution is 2.45. The molecule has 0 saturated carbocycles. The zero-order valence-corrected chi connectivity index (χ0v) is 14.5. The minimum absolute atomic E-state index is 0.373. The summed E-state index contributed by atoms with van der Waals surface area (Å²) >= 11 is 9.43. The van der Waals surface area contributed by atoms with Gasteiger partial charge in [0.2, 0.25) is 0 Å². The van der Waals surface area contributed by atoms with Gasteiger partial charge in [-0.1, -0.05) is 53.2 Å². The standard InChI is InChI=1S/C15H16Br2S/c1-3-12(11-7-5-4-6-8-11)14(17)15-13(16)9-10(2)18-15/h4-9,12,14H,3H2,1-2H3. The first-order chi connectivity index (χ1) is 8.63. The molecule has 2 unspecified atom stereocenters. The van der Waals surface area contributed by atoms with Gasteiger partial charge in [0, 0.05) is 20.1 Å². The van der Waals surface area contributed by atoms with Gasteiger partial charge in [-0.15, -0.1) is 11.3 Å². The van der Waals surface area contributed by atoms with Crippen molar-refractivity contribution in [1.82, 2.24) is 0 Å². The Morgan fingerprint density at radius 1 is 1.22 bits per heavy atom. The van der Waals surface area contributed by atoms with Crippen molar-refractivity contribution < 1.29 is 0 Å². The first-order valence-electron chi connectivity index (χ1n) is 6.08. The summed E-state index contributed by atoms with van der Waals surface area (Å²) in [5.74, 6) is 0.514. The van der Waals surface area contributed by atoms with Gasteiger partial charge in [-0.05, 0) is 40.9 Å². The molecule has 0 radical (unpaired) electrons. The maximum Gasteiger partial charge on any atom is 0.0568 e. The first kappa shape index (κ1) is 14.3. The Bertz CT molecular complexity index is 504. The number of halogens is 2. The van der Waals surface area contributed by atoms with E-state index in [9.17, 15) is 0 Å². The van der Waals surface area contributed by atoms with Gasteiger partial charge in [0.25, 0.3) is 0 Å². The van der Waals surface area contributed by atoms with Gasteiger partial charge in [-0.2, -0.15) is 0 Å². The number of alkyl halides is 1. The zero-order valence-electron chi connectivity index (χ0n) is 10.5. The van der Waals surface area contributed by atoms with Gasteiger partial charge in [0.1, 0.15) is 0 Å². The second kappa shape index (κ2) is 6.36. The highest BCUT2D eigenvalue weighted by atomic mass is 79.9. The Morgan fingerprint density at radius 2 is 1.89 bits per heavy atom. The Hall–Kier alpha value is -0.120. The van der Waals surface area contributed by atoms with Crippen molar-refractivity contribution in [2.24, 2.45) is 0 Å². The summed E-state index contributed by atoms with van der Waals surface area (Å²) in [5, 5.41) is 0. The second-order valence-electron chi connectivity index (χ2n) is 4.40. The molecule has 1 aromatic heterocycles. The molecule has 0 aliphatic carbocycles.